The lowest BCUT2D eigenvalue weighted by molar-refractivity contribution is -0.119. The number of aryl methyl sites for hydroxylation is 3. The molecule has 0 fully saturated rings. The van der Waals surface area contributed by atoms with E-state index >= 15 is 0 Å². The summed E-state index contributed by atoms with van der Waals surface area (Å²) in [5.41, 5.74) is 2.74. The first-order valence-electron chi connectivity index (χ1n) is 8.82. The van der Waals surface area contributed by atoms with Crippen molar-refractivity contribution in [2.75, 3.05) is 5.32 Å². The van der Waals surface area contributed by atoms with Gasteiger partial charge >= 0.3 is 0 Å². The van der Waals surface area contributed by atoms with Crippen LogP contribution in [-0.4, -0.2) is 15.5 Å². The molecular formula is C20H23N3O2S. The second-order valence-electron chi connectivity index (χ2n) is 6.38. The molecule has 0 aliphatic carbocycles. The Hall–Kier alpha value is -2.47. The van der Waals surface area contributed by atoms with Gasteiger partial charge in [-0.3, -0.25) is 14.2 Å². The van der Waals surface area contributed by atoms with Crippen LogP contribution in [0.4, 0.5) is 5.69 Å². The Bertz CT molecular complexity index is 1000. The number of nitrogens with zero attached hydrogens (tertiary/aromatic N) is 2. The van der Waals surface area contributed by atoms with Crippen LogP contribution < -0.4 is 10.9 Å². The smallest absolute Gasteiger partial charge is 0.263 e. The fourth-order valence-corrected chi connectivity index (χ4v) is 4.02. The molecule has 1 N–H and O–H groups in total. The predicted molar refractivity (Wildman–Crippen MR) is 107 cm³/mol. The number of nitrogens with one attached hydrogen (secondary N) is 1. The average Bonchev–Trinajstić information content (AvgIpc) is 2.93. The summed E-state index contributed by atoms with van der Waals surface area (Å²) in [4.78, 5) is 31.9. The molecule has 1 atom stereocenters. The first kappa shape index (κ1) is 18.3. The molecule has 136 valence electrons. The van der Waals surface area contributed by atoms with Gasteiger partial charge in [0.25, 0.3) is 5.56 Å². The quantitative estimate of drug-likeness (QED) is 0.732. The van der Waals surface area contributed by atoms with Crippen LogP contribution in [0.1, 0.15) is 42.3 Å². The van der Waals surface area contributed by atoms with Crippen molar-refractivity contribution in [1.29, 1.82) is 0 Å². The van der Waals surface area contributed by atoms with Crippen LogP contribution in [0.15, 0.2) is 35.4 Å². The predicted octanol–water partition coefficient (Wildman–Crippen LogP) is 4.23. The molecule has 0 radical (unpaired) electrons. The van der Waals surface area contributed by atoms with E-state index in [9.17, 15) is 9.59 Å². The summed E-state index contributed by atoms with van der Waals surface area (Å²) in [5.74, 6) is -0.204. The highest BCUT2D eigenvalue weighted by Crippen LogP contribution is 2.26. The van der Waals surface area contributed by atoms with Crippen LogP contribution in [0.5, 0.6) is 0 Å². The van der Waals surface area contributed by atoms with Gasteiger partial charge < -0.3 is 5.32 Å². The fraction of sp³-hybridized carbons (Fsp3) is 0.350. The topological polar surface area (TPSA) is 64.0 Å². The van der Waals surface area contributed by atoms with Gasteiger partial charge in [-0.2, -0.15) is 0 Å². The second kappa shape index (κ2) is 7.41. The van der Waals surface area contributed by atoms with Gasteiger partial charge in [-0.1, -0.05) is 26.0 Å². The van der Waals surface area contributed by atoms with Gasteiger partial charge in [0.15, 0.2) is 0 Å². The molecule has 26 heavy (non-hydrogen) atoms. The Kier molecular flexibility index (Phi) is 5.23. The number of amides is 1. The third-order valence-electron chi connectivity index (χ3n) is 4.77. The van der Waals surface area contributed by atoms with Crippen molar-refractivity contribution in [3.63, 3.8) is 0 Å². The summed E-state index contributed by atoms with van der Waals surface area (Å²) in [7, 11) is 0. The molecule has 5 nitrogen and oxygen atoms in total. The number of aromatic nitrogens is 2. The van der Waals surface area contributed by atoms with Gasteiger partial charge in [0.2, 0.25) is 5.91 Å². The summed E-state index contributed by atoms with van der Waals surface area (Å²) in [5, 5.41) is 3.53. The minimum absolute atomic E-state index is 0.153. The first-order chi connectivity index (χ1) is 12.5. The number of benzene rings is 1. The van der Waals surface area contributed by atoms with Gasteiger partial charge in [-0.05, 0) is 49.9 Å². The maximum atomic E-state index is 13.0. The van der Waals surface area contributed by atoms with Crippen molar-refractivity contribution in [3.8, 4) is 0 Å². The van der Waals surface area contributed by atoms with Gasteiger partial charge in [-0.15, -0.1) is 11.3 Å². The largest absolute Gasteiger partial charge is 0.324 e. The fourth-order valence-electron chi connectivity index (χ4n) is 3.03. The Labute approximate surface area is 156 Å². The Morgan fingerprint density at radius 1 is 1.23 bits per heavy atom. The van der Waals surface area contributed by atoms with E-state index in [1.807, 2.05) is 45.0 Å². The second-order valence-corrected chi connectivity index (χ2v) is 7.59. The molecule has 6 heteroatoms. The number of hydrogen-bond acceptors (Lipinski definition) is 4. The molecule has 1 amide bonds. The van der Waals surface area contributed by atoms with Crippen LogP contribution in [0, 0.1) is 13.8 Å². The van der Waals surface area contributed by atoms with Crippen molar-refractivity contribution in [1.82, 2.24) is 9.55 Å². The Morgan fingerprint density at radius 2 is 1.92 bits per heavy atom. The van der Waals surface area contributed by atoms with E-state index in [4.69, 9.17) is 0 Å². The normalized spacial score (nSPS) is 12.3. The maximum Gasteiger partial charge on any atom is 0.263 e. The van der Waals surface area contributed by atoms with Gasteiger partial charge in [0.05, 0.1) is 11.7 Å². The minimum atomic E-state index is -0.593. The summed E-state index contributed by atoms with van der Waals surface area (Å²) >= 11 is 1.51. The highest BCUT2D eigenvalue weighted by Gasteiger charge is 2.22. The monoisotopic (exact) mass is 369 g/mol. The van der Waals surface area contributed by atoms with E-state index in [1.165, 1.54) is 27.8 Å². The Balaban J connectivity index is 1.93. The third kappa shape index (κ3) is 3.29. The standard InChI is InChI=1S/C20H23N3O2S/c1-5-14-7-9-15(10-8-14)22-18(24)16(6-2)23-11-21-19-17(20(23)25)12(3)13(4)26-19/h7-11,16H,5-6H2,1-4H3,(H,22,24). The first-order valence-corrected chi connectivity index (χ1v) is 9.64. The molecule has 0 aliphatic rings. The van der Waals surface area contributed by atoms with E-state index in [-0.39, 0.29) is 11.5 Å². The van der Waals surface area contributed by atoms with Crippen molar-refractivity contribution in [2.24, 2.45) is 0 Å². The molecule has 0 saturated carbocycles. The van der Waals surface area contributed by atoms with E-state index in [1.54, 1.807) is 0 Å². The van der Waals surface area contributed by atoms with E-state index in [2.05, 4.69) is 17.2 Å². The van der Waals surface area contributed by atoms with Crippen LogP contribution in [-0.2, 0) is 11.2 Å². The average molecular weight is 369 g/mol. The van der Waals surface area contributed by atoms with Gasteiger partial charge in [-0.25, -0.2) is 4.98 Å². The number of fused-ring (bicyclic) bond motifs is 1. The van der Waals surface area contributed by atoms with Gasteiger partial charge in [0, 0.05) is 10.6 Å². The van der Waals surface area contributed by atoms with Crippen LogP contribution in [0.25, 0.3) is 10.2 Å². The summed E-state index contributed by atoms with van der Waals surface area (Å²) in [6.45, 7) is 7.89. The zero-order valence-electron chi connectivity index (χ0n) is 15.5. The van der Waals surface area contributed by atoms with E-state index in [0.29, 0.717) is 11.8 Å². The SMILES string of the molecule is CCc1ccc(NC(=O)C(CC)n2cnc3sc(C)c(C)c3c2=O)cc1. The van der Waals surface area contributed by atoms with Crippen molar-refractivity contribution in [2.45, 2.75) is 46.6 Å². The molecule has 3 rings (SSSR count). The zero-order valence-corrected chi connectivity index (χ0v) is 16.3. The van der Waals surface area contributed by atoms with Crippen LogP contribution in [0.3, 0.4) is 0 Å². The van der Waals surface area contributed by atoms with Gasteiger partial charge in [0.1, 0.15) is 10.9 Å². The number of anilines is 1. The molecule has 0 aliphatic heterocycles. The summed E-state index contributed by atoms with van der Waals surface area (Å²) in [6, 6.07) is 7.17. The number of hydrogen-bond donors (Lipinski definition) is 1. The highest BCUT2D eigenvalue weighted by atomic mass is 32.1. The Morgan fingerprint density at radius 3 is 2.54 bits per heavy atom. The molecule has 0 bridgehead atoms. The molecule has 3 aromatic rings. The molecule has 0 saturated heterocycles. The van der Waals surface area contributed by atoms with Crippen molar-refractivity contribution >= 4 is 33.1 Å². The van der Waals surface area contributed by atoms with Crippen molar-refractivity contribution < 1.29 is 4.79 Å². The number of thiophene rings is 1. The third-order valence-corrected chi connectivity index (χ3v) is 5.88. The number of carbonyl (C=O) groups excluding carboxylic acids is 1. The number of carbonyl (C=O) groups is 1. The zero-order chi connectivity index (χ0) is 18.8. The highest BCUT2D eigenvalue weighted by molar-refractivity contribution is 7.18. The van der Waals surface area contributed by atoms with Crippen LogP contribution >= 0.6 is 11.3 Å². The van der Waals surface area contributed by atoms with E-state index < -0.39 is 6.04 Å². The molecule has 2 heterocycles. The maximum absolute atomic E-state index is 13.0. The lowest BCUT2D eigenvalue weighted by Crippen LogP contribution is -2.33. The molecule has 2 aromatic heterocycles. The van der Waals surface area contributed by atoms with Crippen molar-refractivity contribution in [3.05, 3.63) is 57.0 Å². The molecule has 0 spiro atoms. The lowest BCUT2D eigenvalue weighted by atomic mass is 10.1. The molecular weight excluding hydrogens is 346 g/mol. The number of rotatable bonds is 5. The minimum Gasteiger partial charge on any atom is -0.324 e. The molecule has 1 unspecified atom stereocenters. The summed E-state index contributed by atoms with van der Waals surface area (Å²) < 4.78 is 1.46. The lowest BCUT2D eigenvalue weighted by Gasteiger charge is -2.17. The molecule has 1 aromatic carbocycles. The van der Waals surface area contributed by atoms with E-state index in [0.717, 1.165) is 27.4 Å². The summed E-state index contributed by atoms with van der Waals surface area (Å²) in [6.07, 6.45) is 2.95. The van der Waals surface area contributed by atoms with Crippen LogP contribution in [0.2, 0.25) is 0 Å².